The van der Waals surface area contributed by atoms with Crippen LogP contribution < -0.4 is 4.90 Å². The maximum Gasteiger partial charge on any atom is 0.0752 e. The molecular formula is C9H15N3O. The molecule has 2 rings (SSSR count). The van der Waals surface area contributed by atoms with Gasteiger partial charge < -0.3 is 10.0 Å². The third-order valence-corrected chi connectivity index (χ3v) is 2.72. The zero-order chi connectivity index (χ0) is 9.42. The SMILES string of the molecule is CN(c1cnn(C)c1)C1CC1CO. The topological polar surface area (TPSA) is 41.3 Å². The fourth-order valence-corrected chi connectivity index (χ4v) is 1.68. The summed E-state index contributed by atoms with van der Waals surface area (Å²) < 4.78 is 1.79. The summed E-state index contributed by atoms with van der Waals surface area (Å²) in [6.07, 6.45) is 4.95. The van der Waals surface area contributed by atoms with Crippen molar-refractivity contribution in [2.75, 3.05) is 18.6 Å². The van der Waals surface area contributed by atoms with Crippen LogP contribution in [0.4, 0.5) is 5.69 Å². The molecule has 1 aromatic rings. The summed E-state index contributed by atoms with van der Waals surface area (Å²) in [6.45, 7) is 0.301. The maximum absolute atomic E-state index is 8.93. The highest BCUT2D eigenvalue weighted by molar-refractivity contribution is 5.44. The molecule has 1 saturated carbocycles. The Morgan fingerprint density at radius 1 is 1.77 bits per heavy atom. The molecule has 0 amide bonds. The van der Waals surface area contributed by atoms with Gasteiger partial charge in [0.05, 0.1) is 11.9 Å². The molecule has 1 heterocycles. The molecule has 0 bridgehead atoms. The number of aliphatic hydroxyl groups excluding tert-OH is 1. The van der Waals surface area contributed by atoms with E-state index in [0.29, 0.717) is 18.6 Å². The summed E-state index contributed by atoms with van der Waals surface area (Å²) in [4.78, 5) is 2.19. The molecule has 72 valence electrons. The van der Waals surface area contributed by atoms with E-state index in [4.69, 9.17) is 5.11 Å². The van der Waals surface area contributed by atoms with Crippen molar-refractivity contribution in [3.63, 3.8) is 0 Å². The van der Waals surface area contributed by atoms with Crippen LogP contribution in [-0.4, -0.2) is 34.6 Å². The molecule has 4 heteroatoms. The smallest absolute Gasteiger partial charge is 0.0752 e. The van der Waals surface area contributed by atoms with Crippen LogP contribution in [0.2, 0.25) is 0 Å². The summed E-state index contributed by atoms with van der Waals surface area (Å²) in [5, 5.41) is 13.0. The fraction of sp³-hybridized carbons (Fsp3) is 0.667. The van der Waals surface area contributed by atoms with Gasteiger partial charge in [-0.1, -0.05) is 0 Å². The van der Waals surface area contributed by atoms with E-state index < -0.39 is 0 Å². The van der Waals surface area contributed by atoms with Crippen LogP contribution in [0.5, 0.6) is 0 Å². The van der Waals surface area contributed by atoms with Crippen molar-refractivity contribution < 1.29 is 5.11 Å². The molecule has 1 N–H and O–H groups in total. The normalized spacial score (nSPS) is 26.1. The van der Waals surface area contributed by atoms with E-state index in [9.17, 15) is 0 Å². The first-order valence-corrected chi connectivity index (χ1v) is 4.54. The molecule has 2 atom stereocenters. The van der Waals surface area contributed by atoms with Gasteiger partial charge in [-0.25, -0.2) is 0 Å². The largest absolute Gasteiger partial charge is 0.396 e. The lowest BCUT2D eigenvalue weighted by atomic mass is 10.4. The molecular weight excluding hydrogens is 166 g/mol. The first-order chi connectivity index (χ1) is 6.22. The van der Waals surface area contributed by atoms with Crippen molar-refractivity contribution >= 4 is 5.69 Å². The highest BCUT2D eigenvalue weighted by Gasteiger charge is 2.39. The van der Waals surface area contributed by atoms with E-state index in [1.54, 1.807) is 4.68 Å². The number of anilines is 1. The van der Waals surface area contributed by atoms with Crippen LogP contribution in [0, 0.1) is 5.92 Å². The number of nitrogens with zero attached hydrogens (tertiary/aromatic N) is 3. The molecule has 1 aromatic heterocycles. The van der Waals surface area contributed by atoms with Gasteiger partial charge in [-0.05, 0) is 6.42 Å². The number of aryl methyl sites for hydroxylation is 1. The second-order valence-corrected chi connectivity index (χ2v) is 3.73. The summed E-state index contributed by atoms with van der Waals surface area (Å²) >= 11 is 0. The van der Waals surface area contributed by atoms with Gasteiger partial charge in [-0.3, -0.25) is 4.68 Å². The Hall–Kier alpha value is -1.03. The lowest BCUT2D eigenvalue weighted by Gasteiger charge is -2.16. The highest BCUT2D eigenvalue weighted by atomic mass is 16.3. The first kappa shape index (κ1) is 8.56. The summed E-state index contributed by atoms with van der Waals surface area (Å²) in [6, 6.07) is 0.509. The van der Waals surface area contributed by atoms with Crippen LogP contribution in [0.1, 0.15) is 6.42 Å². The monoisotopic (exact) mass is 181 g/mol. The lowest BCUT2D eigenvalue weighted by Crippen LogP contribution is -2.21. The summed E-state index contributed by atoms with van der Waals surface area (Å²) in [7, 11) is 3.96. The third kappa shape index (κ3) is 1.54. The Kier molecular flexibility index (Phi) is 2.00. The number of hydrogen-bond donors (Lipinski definition) is 1. The molecule has 0 radical (unpaired) electrons. The number of hydrogen-bond acceptors (Lipinski definition) is 3. The quantitative estimate of drug-likeness (QED) is 0.726. The molecule has 0 aromatic carbocycles. The van der Waals surface area contributed by atoms with E-state index in [2.05, 4.69) is 17.0 Å². The summed E-state index contributed by atoms with van der Waals surface area (Å²) in [5.41, 5.74) is 1.13. The van der Waals surface area contributed by atoms with E-state index in [1.807, 2.05) is 19.4 Å². The van der Waals surface area contributed by atoms with Gasteiger partial charge in [0.15, 0.2) is 0 Å². The molecule has 2 unspecified atom stereocenters. The van der Waals surface area contributed by atoms with E-state index >= 15 is 0 Å². The molecule has 1 fully saturated rings. The highest BCUT2D eigenvalue weighted by Crippen LogP contribution is 2.36. The number of rotatable bonds is 3. The van der Waals surface area contributed by atoms with Gasteiger partial charge in [-0.2, -0.15) is 5.10 Å². The van der Waals surface area contributed by atoms with Crippen molar-refractivity contribution in [3.05, 3.63) is 12.4 Å². The van der Waals surface area contributed by atoms with Gasteiger partial charge in [0.25, 0.3) is 0 Å². The predicted molar refractivity (Wildman–Crippen MR) is 50.6 cm³/mol. The molecule has 1 aliphatic rings. The Morgan fingerprint density at radius 2 is 2.54 bits per heavy atom. The van der Waals surface area contributed by atoms with Crippen molar-refractivity contribution in [2.45, 2.75) is 12.5 Å². The van der Waals surface area contributed by atoms with Crippen molar-refractivity contribution in [2.24, 2.45) is 13.0 Å². The lowest BCUT2D eigenvalue weighted by molar-refractivity contribution is 0.273. The zero-order valence-corrected chi connectivity index (χ0v) is 8.01. The van der Waals surface area contributed by atoms with Crippen molar-refractivity contribution in [3.8, 4) is 0 Å². The predicted octanol–water partition coefficient (Wildman–Crippen LogP) is 0.237. The Labute approximate surface area is 77.8 Å². The van der Waals surface area contributed by atoms with Crippen LogP contribution in [-0.2, 0) is 7.05 Å². The number of aliphatic hydroxyl groups is 1. The van der Waals surface area contributed by atoms with Crippen LogP contribution >= 0.6 is 0 Å². The van der Waals surface area contributed by atoms with Crippen LogP contribution in [0.25, 0.3) is 0 Å². The van der Waals surface area contributed by atoms with Gasteiger partial charge in [0.1, 0.15) is 0 Å². The van der Waals surface area contributed by atoms with Gasteiger partial charge in [0.2, 0.25) is 0 Å². The Bertz CT molecular complexity index is 297. The molecule has 0 aliphatic heterocycles. The second kappa shape index (κ2) is 3.03. The molecule has 4 nitrogen and oxygen atoms in total. The van der Waals surface area contributed by atoms with Gasteiger partial charge in [-0.15, -0.1) is 0 Å². The molecule has 0 saturated heterocycles. The Morgan fingerprint density at radius 3 is 3.00 bits per heavy atom. The average molecular weight is 181 g/mol. The minimum absolute atomic E-state index is 0.301. The molecule has 13 heavy (non-hydrogen) atoms. The van der Waals surface area contributed by atoms with Crippen LogP contribution in [0.3, 0.4) is 0 Å². The average Bonchev–Trinajstić information content (AvgIpc) is 2.80. The minimum atomic E-state index is 0.301. The maximum atomic E-state index is 8.93. The van der Waals surface area contributed by atoms with Crippen molar-refractivity contribution in [1.29, 1.82) is 0 Å². The Balaban J connectivity index is 2.02. The van der Waals surface area contributed by atoms with Crippen LogP contribution in [0.15, 0.2) is 12.4 Å². The molecule has 0 spiro atoms. The summed E-state index contributed by atoms with van der Waals surface area (Å²) in [5.74, 6) is 0.463. The van der Waals surface area contributed by atoms with E-state index in [-0.39, 0.29) is 0 Å². The minimum Gasteiger partial charge on any atom is -0.396 e. The molecule has 1 aliphatic carbocycles. The first-order valence-electron chi connectivity index (χ1n) is 4.54. The van der Waals surface area contributed by atoms with E-state index in [1.165, 1.54) is 0 Å². The van der Waals surface area contributed by atoms with Gasteiger partial charge in [0, 0.05) is 38.9 Å². The number of aromatic nitrogens is 2. The fourth-order valence-electron chi connectivity index (χ4n) is 1.68. The standard InChI is InChI=1S/C9H15N3O/c1-11-5-8(4-10-11)12(2)9-3-7(9)6-13/h4-5,7,9,13H,3,6H2,1-2H3. The van der Waals surface area contributed by atoms with Crippen molar-refractivity contribution in [1.82, 2.24) is 9.78 Å². The van der Waals surface area contributed by atoms with Gasteiger partial charge >= 0.3 is 0 Å². The van der Waals surface area contributed by atoms with E-state index in [0.717, 1.165) is 12.1 Å². The zero-order valence-electron chi connectivity index (χ0n) is 8.01. The third-order valence-electron chi connectivity index (χ3n) is 2.72. The second-order valence-electron chi connectivity index (χ2n) is 3.73.